The highest BCUT2D eigenvalue weighted by Gasteiger charge is 2.28. The molecule has 1 unspecified atom stereocenters. The Morgan fingerprint density at radius 2 is 2.10 bits per heavy atom. The van der Waals surface area contributed by atoms with Crippen LogP contribution in [0, 0.1) is 17.0 Å². The number of piperidine rings is 1. The minimum absolute atomic E-state index is 0.181. The molecule has 0 aromatic heterocycles. The quantitative estimate of drug-likeness (QED) is 0.911. The minimum Gasteiger partial charge on any atom is -0.312 e. The smallest absolute Gasteiger partial charge is 0.163 e. The fraction of sp³-hybridized carbons (Fsp3) is 0.625. The largest absolute Gasteiger partial charge is 0.312 e. The lowest BCUT2D eigenvalue weighted by Gasteiger charge is -2.39. The van der Waals surface area contributed by atoms with Gasteiger partial charge >= 0.3 is 0 Å². The number of rotatable bonds is 4. The highest BCUT2D eigenvalue weighted by molar-refractivity contribution is 5.23. The van der Waals surface area contributed by atoms with E-state index in [9.17, 15) is 8.78 Å². The van der Waals surface area contributed by atoms with Crippen LogP contribution >= 0.6 is 0 Å². The van der Waals surface area contributed by atoms with E-state index in [4.69, 9.17) is 0 Å². The lowest BCUT2D eigenvalue weighted by atomic mass is 9.84. The second kappa shape index (κ2) is 6.19. The molecule has 1 aliphatic heterocycles. The Balaban J connectivity index is 2.11. The zero-order chi connectivity index (χ0) is 14.8. The molecule has 20 heavy (non-hydrogen) atoms. The number of likely N-dealkylation sites (tertiary alicyclic amines) is 1. The molecule has 0 radical (unpaired) electrons. The third-order valence-electron chi connectivity index (χ3n) is 4.13. The maximum Gasteiger partial charge on any atom is 0.163 e. The van der Waals surface area contributed by atoms with Crippen molar-refractivity contribution in [1.82, 2.24) is 10.2 Å². The first-order chi connectivity index (χ1) is 9.43. The Kier molecular flexibility index (Phi) is 4.76. The fourth-order valence-electron chi connectivity index (χ4n) is 3.09. The number of halogens is 2. The van der Waals surface area contributed by atoms with Gasteiger partial charge in [0, 0.05) is 24.7 Å². The van der Waals surface area contributed by atoms with Crippen LogP contribution in [0.25, 0.3) is 0 Å². The van der Waals surface area contributed by atoms with Crippen LogP contribution in [0.5, 0.6) is 0 Å². The Hall–Kier alpha value is -1.00. The SMILES string of the molecule is CNC(CN1CCCC(C)(C)C1)c1cccc(F)c1F. The van der Waals surface area contributed by atoms with Gasteiger partial charge in [-0.05, 0) is 37.9 Å². The number of hydrogen-bond acceptors (Lipinski definition) is 2. The molecule has 1 aromatic rings. The number of hydrogen-bond donors (Lipinski definition) is 1. The van der Waals surface area contributed by atoms with Crippen molar-refractivity contribution in [3.05, 3.63) is 35.4 Å². The van der Waals surface area contributed by atoms with Crippen molar-refractivity contribution in [2.24, 2.45) is 5.41 Å². The molecule has 4 heteroatoms. The molecule has 1 aliphatic rings. The van der Waals surface area contributed by atoms with Gasteiger partial charge in [0.2, 0.25) is 0 Å². The molecule has 1 heterocycles. The van der Waals surface area contributed by atoms with Gasteiger partial charge in [-0.2, -0.15) is 0 Å². The maximum absolute atomic E-state index is 13.9. The molecule has 1 aromatic carbocycles. The second-order valence-electron chi connectivity index (χ2n) is 6.49. The van der Waals surface area contributed by atoms with Crippen molar-refractivity contribution < 1.29 is 8.78 Å². The predicted octanol–water partition coefficient (Wildman–Crippen LogP) is 3.35. The number of nitrogens with zero attached hydrogens (tertiary/aromatic N) is 1. The van der Waals surface area contributed by atoms with Gasteiger partial charge in [0.15, 0.2) is 11.6 Å². The van der Waals surface area contributed by atoms with E-state index in [0.717, 1.165) is 25.6 Å². The summed E-state index contributed by atoms with van der Waals surface area (Å²) in [5.41, 5.74) is 0.715. The van der Waals surface area contributed by atoms with E-state index in [1.54, 1.807) is 19.2 Å². The van der Waals surface area contributed by atoms with Crippen molar-refractivity contribution in [2.45, 2.75) is 32.7 Å². The second-order valence-corrected chi connectivity index (χ2v) is 6.49. The molecule has 0 amide bonds. The van der Waals surface area contributed by atoms with Crippen LogP contribution in [-0.4, -0.2) is 31.6 Å². The summed E-state index contributed by atoms with van der Waals surface area (Å²) in [5, 5.41) is 3.11. The lowest BCUT2D eigenvalue weighted by molar-refractivity contribution is 0.108. The van der Waals surface area contributed by atoms with Crippen LogP contribution in [0.3, 0.4) is 0 Å². The summed E-state index contributed by atoms with van der Waals surface area (Å²) >= 11 is 0. The standard InChI is InChI=1S/C16H24F2N2/c1-16(2)8-5-9-20(11-16)10-14(19-3)12-6-4-7-13(17)15(12)18/h4,6-7,14,19H,5,8-11H2,1-3H3. The molecule has 0 aliphatic carbocycles. The van der Waals surface area contributed by atoms with Crippen molar-refractivity contribution >= 4 is 0 Å². The summed E-state index contributed by atoms with van der Waals surface area (Å²) in [4.78, 5) is 2.34. The minimum atomic E-state index is -0.776. The Bertz CT molecular complexity index is 460. The van der Waals surface area contributed by atoms with E-state index in [1.807, 2.05) is 0 Å². The van der Waals surface area contributed by atoms with Crippen molar-refractivity contribution in [1.29, 1.82) is 0 Å². The maximum atomic E-state index is 13.9. The topological polar surface area (TPSA) is 15.3 Å². The molecule has 1 saturated heterocycles. The van der Waals surface area contributed by atoms with E-state index in [2.05, 4.69) is 24.1 Å². The van der Waals surface area contributed by atoms with Crippen molar-refractivity contribution in [3.8, 4) is 0 Å². The number of benzene rings is 1. The van der Waals surface area contributed by atoms with Crippen LogP contribution in [0.15, 0.2) is 18.2 Å². The van der Waals surface area contributed by atoms with E-state index in [1.165, 1.54) is 6.42 Å². The lowest BCUT2D eigenvalue weighted by Crippen LogP contribution is -2.43. The van der Waals surface area contributed by atoms with Crippen LogP contribution in [-0.2, 0) is 0 Å². The molecule has 1 fully saturated rings. The monoisotopic (exact) mass is 282 g/mol. The average Bonchev–Trinajstić information content (AvgIpc) is 2.38. The van der Waals surface area contributed by atoms with Crippen LogP contribution in [0.2, 0.25) is 0 Å². The van der Waals surface area contributed by atoms with Crippen LogP contribution in [0.1, 0.15) is 38.3 Å². The van der Waals surface area contributed by atoms with Gasteiger partial charge in [0.1, 0.15) is 0 Å². The molecule has 1 N–H and O–H groups in total. The third-order valence-corrected chi connectivity index (χ3v) is 4.13. The summed E-state index contributed by atoms with van der Waals surface area (Å²) in [5.74, 6) is -1.51. The van der Waals surface area contributed by atoms with E-state index < -0.39 is 11.6 Å². The summed E-state index contributed by atoms with van der Waals surface area (Å²) in [6.45, 7) is 7.26. The first-order valence-electron chi connectivity index (χ1n) is 7.26. The zero-order valence-corrected chi connectivity index (χ0v) is 12.5. The zero-order valence-electron chi connectivity index (χ0n) is 12.5. The van der Waals surface area contributed by atoms with Crippen molar-refractivity contribution in [2.75, 3.05) is 26.7 Å². The molecule has 0 saturated carbocycles. The van der Waals surface area contributed by atoms with E-state index >= 15 is 0 Å². The first kappa shape index (κ1) is 15.4. The Labute approximate surface area is 120 Å². The molecule has 1 atom stereocenters. The summed E-state index contributed by atoms with van der Waals surface area (Å²) in [6, 6.07) is 4.21. The number of nitrogens with one attached hydrogen (secondary N) is 1. The molecule has 2 nitrogen and oxygen atoms in total. The van der Waals surface area contributed by atoms with Crippen molar-refractivity contribution in [3.63, 3.8) is 0 Å². The first-order valence-corrected chi connectivity index (χ1v) is 7.26. The summed E-state index contributed by atoms with van der Waals surface area (Å²) in [6.07, 6.45) is 2.39. The molecule has 2 rings (SSSR count). The van der Waals surface area contributed by atoms with Gasteiger partial charge < -0.3 is 10.2 Å². The normalized spacial score (nSPS) is 20.9. The number of likely N-dealkylation sites (N-methyl/N-ethyl adjacent to an activating group) is 1. The third kappa shape index (κ3) is 3.55. The fourth-order valence-corrected chi connectivity index (χ4v) is 3.09. The van der Waals surface area contributed by atoms with Gasteiger partial charge in [-0.25, -0.2) is 8.78 Å². The average molecular weight is 282 g/mol. The van der Waals surface area contributed by atoms with Gasteiger partial charge in [-0.15, -0.1) is 0 Å². The molecule has 0 bridgehead atoms. The molecule has 0 spiro atoms. The van der Waals surface area contributed by atoms with E-state index in [-0.39, 0.29) is 6.04 Å². The van der Waals surface area contributed by atoms with Crippen LogP contribution in [0.4, 0.5) is 8.78 Å². The molecular weight excluding hydrogens is 258 g/mol. The van der Waals surface area contributed by atoms with Gasteiger partial charge in [-0.1, -0.05) is 26.0 Å². The highest BCUT2D eigenvalue weighted by Crippen LogP contribution is 2.30. The van der Waals surface area contributed by atoms with Crippen LogP contribution < -0.4 is 5.32 Å². The highest BCUT2D eigenvalue weighted by atomic mass is 19.2. The molecule has 112 valence electrons. The predicted molar refractivity (Wildman–Crippen MR) is 77.6 cm³/mol. The Morgan fingerprint density at radius 1 is 1.35 bits per heavy atom. The molecular formula is C16H24F2N2. The van der Waals surface area contributed by atoms with Gasteiger partial charge in [0.05, 0.1) is 0 Å². The summed E-state index contributed by atoms with van der Waals surface area (Å²) in [7, 11) is 1.80. The Morgan fingerprint density at radius 3 is 2.75 bits per heavy atom. The van der Waals surface area contributed by atoms with Gasteiger partial charge in [0.25, 0.3) is 0 Å². The summed E-state index contributed by atoms with van der Waals surface area (Å²) < 4.78 is 27.3. The van der Waals surface area contributed by atoms with E-state index in [0.29, 0.717) is 17.5 Å². The van der Waals surface area contributed by atoms with Gasteiger partial charge in [-0.3, -0.25) is 0 Å².